The van der Waals surface area contributed by atoms with E-state index in [1.54, 1.807) is 0 Å². The highest BCUT2D eigenvalue weighted by Crippen LogP contribution is 1.71. The van der Waals surface area contributed by atoms with Crippen molar-refractivity contribution in [1.29, 1.82) is 0 Å². The first-order valence-electron chi connectivity index (χ1n) is 6.71. The number of rotatable bonds is 5. The van der Waals surface area contributed by atoms with Gasteiger partial charge in [-0.15, -0.1) is 0 Å². The number of hydrogen-bond donors (Lipinski definition) is 3. The summed E-state index contributed by atoms with van der Waals surface area (Å²) in [6.45, 7) is 12.1. The van der Waals surface area contributed by atoms with Crippen LogP contribution in [-0.4, -0.2) is 49.5 Å². The van der Waals surface area contributed by atoms with Gasteiger partial charge in [-0.25, -0.2) is 0 Å². The van der Waals surface area contributed by atoms with E-state index in [9.17, 15) is 9.59 Å². The highest BCUT2D eigenvalue weighted by Gasteiger charge is 1.88. The van der Waals surface area contributed by atoms with Crippen LogP contribution in [0.1, 0.15) is 92.0 Å². The first-order valence-corrected chi connectivity index (χ1v) is 6.71. The number of hydrogen-bond acceptors (Lipinski definition) is 3. The maximum Gasteiger partial charge on any atom is 0.219 e. The molecule has 25 heavy (non-hydrogen) atoms. The summed E-state index contributed by atoms with van der Waals surface area (Å²) in [4.78, 5) is 20.6. The van der Waals surface area contributed by atoms with Gasteiger partial charge in [0.25, 0.3) is 0 Å². The zero-order chi connectivity index (χ0) is 14.8. The highest BCUT2D eigenvalue weighted by atomic mass is 28.1. The Balaban J connectivity index is -0.0000000152. The van der Waals surface area contributed by atoms with E-state index in [0.29, 0.717) is 12.8 Å². The minimum Gasteiger partial charge on any atom is -0.356 e. The van der Waals surface area contributed by atoms with E-state index >= 15 is 0 Å². The summed E-state index contributed by atoms with van der Waals surface area (Å²) >= 11 is 0. The van der Waals surface area contributed by atoms with E-state index in [4.69, 9.17) is 0 Å². The van der Waals surface area contributed by atoms with Gasteiger partial charge in [-0.3, -0.25) is 9.59 Å². The van der Waals surface area contributed by atoms with Crippen molar-refractivity contribution in [2.75, 3.05) is 26.7 Å². The van der Waals surface area contributed by atoms with Crippen LogP contribution < -0.4 is 16.0 Å². The van der Waals surface area contributed by atoms with Crippen molar-refractivity contribution >= 4 is 22.8 Å². The Morgan fingerprint density at radius 3 is 0.840 bits per heavy atom. The standard InChI is InChI=1S/2C5H11NO.C3H9N.6CH4.H4Si/c2*1-3-5(7)6-4-2;1-3-4-2;;;;;;;/h2*3-4H2,1-2H3,(H,6,7);4H,3H2,1-2H3;7*1H4. The Kier molecular flexibility index (Phi) is 170. The van der Waals surface area contributed by atoms with Crippen LogP contribution in [0.5, 0.6) is 0 Å². The Bertz CT molecular complexity index is 174. The maximum atomic E-state index is 10.3. The van der Waals surface area contributed by atoms with E-state index in [1.807, 2.05) is 34.7 Å². The predicted molar refractivity (Wildman–Crippen MR) is 129 cm³/mol. The van der Waals surface area contributed by atoms with Crippen LogP contribution in [0.15, 0.2) is 0 Å². The van der Waals surface area contributed by atoms with E-state index in [0.717, 1.165) is 19.6 Å². The second-order valence-electron chi connectivity index (χ2n) is 3.32. The first kappa shape index (κ1) is 64.7. The third-order valence-electron chi connectivity index (χ3n) is 1.74. The molecule has 166 valence electrons. The van der Waals surface area contributed by atoms with Crippen LogP contribution in [-0.2, 0) is 9.59 Å². The molecule has 0 spiro atoms. The molecular formula is C19H59N3O2Si. The van der Waals surface area contributed by atoms with E-state index in [2.05, 4.69) is 22.9 Å². The average molecular weight is 390 g/mol. The smallest absolute Gasteiger partial charge is 0.219 e. The lowest BCUT2D eigenvalue weighted by molar-refractivity contribution is -0.121. The second-order valence-corrected chi connectivity index (χ2v) is 3.32. The largest absolute Gasteiger partial charge is 0.356 e. The molecule has 0 saturated heterocycles. The summed E-state index contributed by atoms with van der Waals surface area (Å²) in [6, 6.07) is 0. The van der Waals surface area contributed by atoms with Gasteiger partial charge in [0.05, 0.1) is 0 Å². The van der Waals surface area contributed by atoms with E-state index in [-0.39, 0.29) is 67.3 Å². The molecule has 0 rings (SSSR count). The molecule has 5 nitrogen and oxygen atoms in total. The minimum absolute atomic E-state index is 0. The molecule has 0 fully saturated rings. The van der Waals surface area contributed by atoms with Crippen molar-refractivity contribution in [3.63, 3.8) is 0 Å². The molecule has 0 radical (unpaired) electrons. The van der Waals surface area contributed by atoms with Crippen molar-refractivity contribution in [1.82, 2.24) is 16.0 Å². The fourth-order valence-corrected chi connectivity index (χ4v) is 0.644. The zero-order valence-corrected chi connectivity index (χ0v) is 12.9. The molecule has 0 aliphatic heterocycles. The van der Waals surface area contributed by atoms with Crippen LogP contribution >= 0.6 is 0 Å². The maximum absolute atomic E-state index is 10.3. The average Bonchev–Trinajstić information content (AvgIpc) is 2.40. The van der Waals surface area contributed by atoms with E-state index < -0.39 is 0 Å². The molecule has 6 heteroatoms. The summed E-state index contributed by atoms with van der Waals surface area (Å²) in [5.41, 5.74) is 0. The van der Waals surface area contributed by atoms with Crippen molar-refractivity contribution in [2.45, 2.75) is 92.0 Å². The molecule has 0 aromatic rings. The summed E-state index contributed by atoms with van der Waals surface area (Å²) < 4.78 is 0. The molecule has 0 saturated carbocycles. The lowest BCUT2D eigenvalue weighted by atomic mass is 10.4. The van der Waals surface area contributed by atoms with Crippen LogP contribution in [0.25, 0.3) is 0 Å². The summed E-state index contributed by atoms with van der Waals surface area (Å²) in [6.07, 6.45) is 1.18. The molecule has 0 heterocycles. The van der Waals surface area contributed by atoms with E-state index in [1.165, 1.54) is 0 Å². The van der Waals surface area contributed by atoms with Gasteiger partial charge in [0.2, 0.25) is 11.8 Å². The molecule has 0 atom stereocenters. The van der Waals surface area contributed by atoms with Gasteiger partial charge >= 0.3 is 0 Å². The van der Waals surface area contributed by atoms with Gasteiger partial charge in [0.15, 0.2) is 0 Å². The lowest BCUT2D eigenvalue weighted by Crippen LogP contribution is -2.20. The van der Waals surface area contributed by atoms with Gasteiger partial charge in [-0.05, 0) is 38.4 Å². The summed E-state index contributed by atoms with van der Waals surface area (Å²) in [5.74, 6) is 0.255. The fourth-order valence-electron chi connectivity index (χ4n) is 0.644. The van der Waals surface area contributed by atoms with Crippen LogP contribution in [0, 0.1) is 0 Å². The van der Waals surface area contributed by atoms with Crippen molar-refractivity contribution in [3.8, 4) is 0 Å². The third kappa shape index (κ3) is 101. The molecule has 0 bridgehead atoms. The molecule has 0 unspecified atom stereocenters. The number of nitrogens with one attached hydrogen (secondary N) is 3. The topological polar surface area (TPSA) is 70.2 Å². The Hall–Kier alpha value is -0.883. The number of carbonyl (C=O) groups is 2. The molecule has 0 aromatic heterocycles. The van der Waals surface area contributed by atoms with Gasteiger partial charge < -0.3 is 16.0 Å². The monoisotopic (exact) mass is 389 g/mol. The van der Waals surface area contributed by atoms with Gasteiger partial charge in [-0.1, -0.05) is 65.3 Å². The number of carbonyl (C=O) groups excluding carboxylic acids is 2. The molecule has 3 N–H and O–H groups in total. The zero-order valence-electron chi connectivity index (χ0n) is 12.9. The highest BCUT2D eigenvalue weighted by molar-refractivity contribution is 5.76. The van der Waals surface area contributed by atoms with Crippen molar-refractivity contribution < 1.29 is 9.59 Å². The van der Waals surface area contributed by atoms with Crippen molar-refractivity contribution in [3.05, 3.63) is 0 Å². The minimum atomic E-state index is 0. The predicted octanol–water partition coefficient (Wildman–Crippen LogP) is 3.66. The Labute approximate surface area is 167 Å². The summed E-state index contributed by atoms with van der Waals surface area (Å²) in [5, 5.41) is 8.24. The molecule has 0 aliphatic rings. The van der Waals surface area contributed by atoms with Gasteiger partial charge in [-0.2, -0.15) is 0 Å². The third-order valence-corrected chi connectivity index (χ3v) is 1.74. The number of amides is 2. The van der Waals surface area contributed by atoms with Gasteiger partial charge in [0.1, 0.15) is 0 Å². The lowest BCUT2D eigenvalue weighted by Gasteiger charge is -1.93. The molecule has 2 amide bonds. The summed E-state index contributed by atoms with van der Waals surface area (Å²) in [7, 11) is 1.93. The normalized spacial score (nSPS) is 5.84. The quantitative estimate of drug-likeness (QED) is 0.628. The second kappa shape index (κ2) is 65.7. The molecular weight excluding hydrogens is 330 g/mol. The molecule has 0 aromatic carbocycles. The molecule has 0 aliphatic carbocycles. The van der Waals surface area contributed by atoms with Crippen LogP contribution in [0.2, 0.25) is 0 Å². The van der Waals surface area contributed by atoms with Crippen molar-refractivity contribution in [2.24, 2.45) is 0 Å². The van der Waals surface area contributed by atoms with Gasteiger partial charge in [0, 0.05) is 25.9 Å². The fraction of sp³-hybridized carbons (Fsp3) is 0.895. The Morgan fingerprint density at radius 1 is 0.600 bits per heavy atom. The first-order chi connectivity index (χ1) is 8.53. The Morgan fingerprint density at radius 2 is 0.800 bits per heavy atom. The SMILES string of the molecule is C.C.C.C.C.C.CCNC.CCNC(=O)CC.CCNC(=O)CC.[SiH4]. The van der Waals surface area contributed by atoms with Crippen LogP contribution in [0.4, 0.5) is 0 Å². The van der Waals surface area contributed by atoms with Crippen LogP contribution in [0.3, 0.4) is 0 Å².